The Balaban J connectivity index is 1.38. The van der Waals surface area contributed by atoms with Crippen LogP contribution < -0.4 is 5.32 Å². The van der Waals surface area contributed by atoms with Gasteiger partial charge >= 0.3 is 0 Å². The summed E-state index contributed by atoms with van der Waals surface area (Å²) in [5.74, 6) is 2.45. The maximum atomic E-state index is 12.9. The molecule has 2 fully saturated rings. The molecule has 3 aromatic rings. The molecule has 168 valence electrons. The number of rotatable bonds is 5. The number of fused-ring (bicyclic) bond motifs is 1. The van der Waals surface area contributed by atoms with E-state index < -0.39 is 0 Å². The standard InChI is InChI=1S/C22H29N9O/c1-4-31-20(15-10-23-14(2)24-11-15)28-18-19(25-13-26-21(18)31)27-16-7-9-30(12-16)22(32)17-6-5-8-29(17)3/h10-11,13,16-17H,4-9,12H2,1-3H3,(H,25,26,27)/t16?,17-/m1/s1. The number of anilines is 1. The van der Waals surface area contributed by atoms with Crippen LogP contribution in [0, 0.1) is 6.92 Å². The molecule has 3 aromatic heterocycles. The van der Waals surface area contributed by atoms with Gasteiger partial charge in [-0.15, -0.1) is 0 Å². The van der Waals surface area contributed by atoms with E-state index in [0.29, 0.717) is 12.4 Å². The van der Waals surface area contributed by atoms with E-state index in [1.807, 2.05) is 18.9 Å². The smallest absolute Gasteiger partial charge is 0.239 e. The third-order valence-electron chi connectivity index (χ3n) is 6.53. The van der Waals surface area contributed by atoms with Crippen molar-refractivity contribution in [1.29, 1.82) is 0 Å². The molecule has 2 aliphatic heterocycles. The molecule has 10 heteroatoms. The molecule has 5 rings (SSSR count). The highest BCUT2D eigenvalue weighted by atomic mass is 16.2. The van der Waals surface area contributed by atoms with E-state index in [4.69, 9.17) is 4.98 Å². The van der Waals surface area contributed by atoms with Crippen LogP contribution in [0.2, 0.25) is 0 Å². The van der Waals surface area contributed by atoms with Crippen molar-refractivity contribution >= 4 is 22.9 Å². The maximum absolute atomic E-state index is 12.9. The van der Waals surface area contributed by atoms with Crippen LogP contribution in [0.4, 0.5) is 5.82 Å². The van der Waals surface area contributed by atoms with Gasteiger partial charge in [0.1, 0.15) is 18.0 Å². The molecule has 0 aliphatic carbocycles. The average molecular weight is 436 g/mol. The minimum Gasteiger partial charge on any atom is -0.364 e. The number of nitrogens with one attached hydrogen (secondary N) is 1. The number of aromatic nitrogens is 6. The van der Waals surface area contributed by atoms with Crippen molar-refractivity contribution < 1.29 is 4.79 Å². The summed E-state index contributed by atoms with van der Waals surface area (Å²) in [6.45, 7) is 7.10. The van der Waals surface area contributed by atoms with Crippen molar-refractivity contribution in [3.8, 4) is 11.4 Å². The second-order valence-corrected chi connectivity index (χ2v) is 8.65. The summed E-state index contributed by atoms with van der Waals surface area (Å²) < 4.78 is 2.05. The lowest BCUT2D eigenvalue weighted by molar-refractivity contribution is -0.134. The molecule has 10 nitrogen and oxygen atoms in total. The molecule has 0 spiro atoms. The second-order valence-electron chi connectivity index (χ2n) is 8.65. The molecule has 1 unspecified atom stereocenters. The fourth-order valence-electron chi connectivity index (χ4n) is 4.77. The fraction of sp³-hybridized carbons (Fsp3) is 0.545. The summed E-state index contributed by atoms with van der Waals surface area (Å²) >= 11 is 0. The highest BCUT2D eigenvalue weighted by Gasteiger charge is 2.35. The minimum absolute atomic E-state index is 0.0269. The van der Waals surface area contributed by atoms with Crippen LogP contribution in [0.5, 0.6) is 0 Å². The van der Waals surface area contributed by atoms with E-state index in [2.05, 4.69) is 41.6 Å². The van der Waals surface area contributed by atoms with Crippen LogP contribution in [0.25, 0.3) is 22.6 Å². The van der Waals surface area contributed by atoms with E-state index >= 15 is 0 Å². The van der Waals surface area contributed by atoms with Crippen LogP contribution in [0.15, 0.2) is 18.7 Å². The quantitative estimate of drug-likeness (QED) is 0.646. The monoisotopic (exact) mass is 435 g/mol. The summed E-state index contributed by atoms with van der Waals surface area (Å²) in [6.07, 6.45) is 8.08. The minimum atomic E-state index is 0.0269. The number of hydrogen-bond acceptors (Lipinski definition) is 8. The number of amides is 1. The Hall–Kier alpha value is -3.14. The number of likely N-dealkylation sites (N-methyl/N-ethyl adjacent to an activating group) is 1. The maximum Gasteiger partial charge on any atom is 0.239 e. The number of nitrogens with zero attached hydrogens (tertiary/aromatic N) is 8. The number of carbonyl (C=O) groups excluding carboxylic acids is 1. The summed E-state index contributed by atoms with van der Waals surface area (Å²) in [5.41, 5.74) is 2.35. The summed E-state index contributed by atoms with van der Waals surface area (Å²) in [7, 11) is 2.04. The van der Waals surface area contributed by atoms with Crippen LogP contribution in [-0.2, 0) is 11.3 Å². The Labute approximate surface area is 187 Å². The van der Waals surface area contributed by atoms with E-state index in [0.717, 1.165) is 67.3 Å². The molecule has 1 amide bonds. The third kappa shape index (κ3) is 3.68. The molecule has 5 heterocycles. The van der Waals surface area contributed by atoms with Crippen molar-refractivity contribution in [3.63, 3.8) is 0 Å². The van der Waals surface area contributed by atoms with Crippen LogP contribution in [0.3, 0.4) is 0 Å². The number of carbonyl (C=O) groups is 1. The van der Waals surface area contributed by atoms with Gasteiger partial charge in [0.25, 0.3) is 0 Å². The first-order chi connectivity index (χ1) is 15.5. The predicted octanol–water partition coefficient (Wildman–Crippen LogP) is 1.72. The summed E-state index contributed by atoms with van der Waals surface area (Å²) in [5, 5.41) is 3.53. The molecule has 0 aromatic carbocycles. The van der Waals surface area contributed by atoms with Crippen LogP contribution >= 0.6 is 0 Å². The van der Waals surface area contributed by atoms with Crippen LogP contribution in [0.1, 0.15) is 32.0 Å². The van der Waals surface area contributed by atoms with Gasteiger partial charge in [0.05, 0.1) is 11.6 Å². The van der Waals surface area contributed by atoms with Gasteiger partial charge in [0, 0.05) is 38.1 Å². The second kappa shape index (κ2) is 8.42. The van der Waals surface area contributed by atoms with E-state index in [1.54, 1.807) is 18.7 Å². The average Bonchev–Trinajstić information content (AvgIpc) is 3.52. The molecule has 2 atom stereocenters. The van der Waals surface area contributed by atoms with Crippen LogP contribution in [-0.4, -0.2) is 84.0 Å². The van der Waals surface area contributed by atoms with Gasteiger partial charge in [0.2, 0.25) is 5.91 Å². The van der Waals surface area contributed by atoms with Gasteiger partial charge in [-0.3, -0.25) is 9.69 Å². The SMILES string of the molecule is CCn1c(-c2cnc(C)nc2)nc2c(NC3CCN(C(=O)[C@H]4CCCN4C)C3)ncnc21. The zero-order valence-corrected chi connectivity index (χ0v) is 18.8. The number of hydrogen-bond donors (Lipinski definition) is 1. The Morgan fingerprint density at radius 1 is 1.16 bits per heavy atom. The molecular weight excluding hydrogens is 406 g/mol. The van der Waals surface area contributed by atoms with Crippen molar-refractivity contribution in [2.24, 2.45) is 0 Å². The largest absolute Gasteiger partial charge is 0.364 e. The molecule has 2 aliphatic rings. The fourth-order valence-corrected chi connectivity index (χ4v) is 4.77. The topological polar surface area (TPSA) is 105 Å². The summed E-state index contributed by atoms with van der Waals surface area (Å²) in [4.78, 5) is 39.6. The summed E-state index contributed by atoms with van der Waals surface area (Å²) in [6, 6.07) is 0.167. The van der Waals surface area contributed by atoms with Gasteiger partial charge in [-0.1, -0.05) is 0 Å². The Bertz CT molecular complexity index is 1130. The Morgan fingerprint density at radius 3 is 2.69 bits per heavy atom. The molecule has 2 saturated heterocycles. The van der Waals surface area contributed by atoms with Gasteiger partial charge in [-0.05, 0) is 46.7 Å². The highest BCUT2D eigenvalue weighted by molar-refractivity contribution is 5.86. The molecule has 32 heavy (non-hydrogen) atoms. The number of imidazole rings is 1. The molecule has 0 bridgehead atoms. The lowest BCUT2D eigenvalue weighted by atomic mass is 10.2. The first kappa shape index (κ1) is 20.7. The van der Waals surface area contributed by atoms with Gasteiger partial charge < -0.3 is 14.8 Å². The first-order valence-electron chi connectivity index (χ1n) is 11.3. The molecular formula is C22H29N9O. The van der Waals surface area contributed by atoms with E-state index in [9.17, 15) is 4.79 Å². The zero-order chi connectivity index (χ0) is 22.2. The van der Waals surface area contributed by atoms with Crippen molar-refractivity contribution in [3.05, 3.63) is 24.5 Å². The Morgan fingerprint density at radius 2 is 1.97 bits per heavy atom. The molecule has 0 radical (unpaired) electrons. The molecule has 0 saturated carbocycles. The number of likely N-dealkylation sites (tertiary alicyclic amines) is 2. The molecule has 1 N–H and O–H groups in total. The zero-order valence-electron chi connectivity index (χ0n) is 18.8. The number of aryl methyl sites for hydroxylation is 2. The first-order valence-corrected chi connectivity index (χ1v) is 11.3. The highest BCUT2D eigenvalue weighted by Crippen LogP contribution is 2.28. The lowest BCUT2D eigenvalue weighted by Crippen LogP contribution is -2.44. The normalized spacial score (nSPS) is 21.5. The van der Waals surface area contributed by atoms with Gasteiger partial charge in [-0.25, -0.2) is 24.9 Å². The predicted molar refractivity (Wildman–Crippen MR) is 121 cm³/mol. The lowest BCUT2D eigenvalue weighted by Gasteiger charge is -2.25. The van der Waals surface area contributed by atoms with E-state index in [-0.39, 0.29) is 18.0 Å². The van der Waals surface area contributed by atoms with Crippen molar-refractivity contribution in [2.75, 3.05) is 32.0 Å². The third-order valence-corrected chi connectivity index (χ3v) is 6.53. The van der Waals surface area contributed by atoms with Crippen molar-refractivity contribution in [1.82, 2.24) is 39.3 Å². The Kier molecular flexibility index (Phi) is 5.46. The van der Waals surface area contributed by atoms with Crippen molar-refractivity contribution in [2.45, 2.75) is 51.7 Å². The van der Waals surface area contributed by atoms with E-state index in [1.165, 1.54) is 0 Å². The van der Waals surface area contributed by atoms with Gasteiger partial charge in [0.15, 0.2) is 17.0 Å². The van der Waals surface area contributed by atoms with Gasteiger partial charge in [-0.2, -0.15) is 0 Å².